The first-order valence-electron chi connectivity index (χ1n) is 8.62. The monoisotopic (exact) mass is 366 g/mol. The number of esters is 1. The topological polar surface area (TPSA) is 115 Å². The number of nitrogens with zero attached hydrogens (tertiary/aromatic N) is 4. The molecule has 4 rings (SSSR count). The summed E-state index contributed by atoms with van der Waals surface area (Å²) < 4.78 is 6.80. The number of hydrogen-bond acceptors (Lipinski definition) is 6. The Morgan fingerprint density at radius 3 is 3.00 bits per heavy atom. The highest BCUT2D eigenvalue weighted by molar-refractivity contribution is 5.95. The number of amides is 1. The van der Waals surface area contributed by atoms with E-state index >= 15 is 0 Å². The Balaban J connectivity index is 1.70. The van der Waals surface area contributed by atoms with Crippen LogP contribution in [0.3, 0.4) is 0 Å². The van der Waals surface area contributed by atoms with Gasteiger partial charge < -0.3 is 10.1 Å². The lowest BCUT2D eigenvalue weighted by molar-refractivity contribution is -0.116. The highest BCUT2D eigenvalue weighted by atomic mass is 16.5. The zero-order chi connectivity index (χ0) is 18.8. The van der Waals surface area contributed by atoms with Gasteiger partial charge in [-0.2, -0.15) is 10.2 Å². The zero-order valence-corrected chi connectivity index (χ0v) is 14.7. The molecular weight excluding hydrogens is 348 g/mol. The summed E-state index contributed by atoms with van der Waals surface area (Å²) >= 11 is 0. The molecule has 4 heterocycles. The zero-order valence-electron chi connectivity index (χ0n) is 14.7. The fraction of sp³-hybridized carbons (Fsp3) is 0.278. The Morgan fingerprint density at radius 2 is 2.22 bits per heavy atom. The maximum absolute atomic E-state index is 12.3. The van der Waals surface area contributed by atoms with Crippen LogP contribution >= 0.6 is 0 Å². The minimum atomic E-state index is -0.486. The van der Waals surface area contributed by atoms with Crippen LogP contribution in [-0.2, 0) is 16.1 Å². The van der Waals surface area contributed by atoms with Crippen molar-refractivity contribution in [3.8, 4) is 0 Å². The third-order valence-electron chi connectivity index (χ3n) is 4.47. The van der Waals surface area contributed by atoms with Gasteiger partial charge in [0.1, 0.15) is 11.5 Å². The summed E-state index contributed by atoms with van der Waals surface area (Å²) in [6.07, 6.45) is 6.95. The van der Waals surface area contributed by atoms with Crippen LogP contribution in [-0.4, -0.2) is 43.4 Å². The van der Waals surface area contributed by atoms with Crippen LogP contribution in [0, 0.1) is 0 Å². The van der Waals surface area contributed by atoms with Crippen molar-refractivity contribution in [2.75, 3.05) is 11.9 Å². The van der Waals surface area contributed by atoms with Gasteiger partial charge in [-0.25, -0.2) is 9.48 Å². The molecule has 0 aliphatic carbocycles. The average molecular weight is 366 g/mol. The molecule has 1 aliphatic heterocycles. The number of fused-ring (bicyclic) bond motifs is 1. The summed E-state index contributed by atoms with van der Waals surface area (Å²) in [5.41, 5.74) is 2.70. The van der Waals surface area contributed by atoms with Crippen molar-refractivity contribution in [3.05, 3.63) is 59.3 Å². The maximum Gasteiger partial charge on any atom is 0.356 e. The number of aromatic nitrogens is 5. The second-order valence-electron chi connectivity index (χ2n) is 6.19. The van der Waals surface area contributed by atoms with Crippen molar-refractivity contribution in [2.24, 2.45) is 0 Å². The van der Waals surface area contributed by atoms with Gasteiger partial charge in [0.2, 0.25) is 5.91 Å². The van der Waals surface area contributed by atoms with Crippen molar-refractivity contribution in [1.82, 2.24) is 25.0 Å². The molecule has 138 valence electrons. The van der Waals surface area contributed by atoms with Gasteiger partial charge in [0.05, 0.1) is 25.5 Å². The fourth-order valence-corrected chi connectivity index (χ4v) is 3.26. The van der Waals surface area contributed by atoms with Gasteiger partial charge >= 0.3 is 5.97 Å². The number of hydrogen-bond donors (Lipinski definition) is 2. The van der Waals surface area contributed by atoms with Gasteiger partial charge in [-0.1, -0.05) is 6.07 Å². The number of pyridine rings is 1. The number of rotatable bonds is 5. The van der Waals surface area contributed by atoms with Crippen molar-refractivity contribution in [1.29, 1.82) is 0 Å². The normalized spacial score (nSPS) is 15.9. The molecule has 0 spiro atoms. The number of nitrogens with one attached hydrogen (secondary N) is 2. The van der Waals surface area contributed by atoms with Crippen LogP contribution in [0.25, 0.3) is 0 Å². The lowest BCUT2D eigenvalue weighted by Gasteiger charge is -2.23. The molecule has 9 nitrogen and oxygen atoms in total. The van der Waals surface area contributed by atoms with Gasteiger partial charge in [-0.3, -0.25) is 14.9 Å². The van der Waals surface area contributed by atoms with Gasteiger partial charge in [-0.05, 0) is 18.6 Å². The van der Waals surface area contributed by atoms with E-state index in [4.69, 9.17) is 4.74 Å². The third kappa shape index (κ3) is 3.19. The first-order valence-corrected chi connectivity index (χ1v) is 8.62. The molecule has 3 aromatic heterocycles. The quantitative estimate of drug-likeness (QED) is 0.664. The standard InChI is InChI=1S/C18H18N6O3/c1-2-27-18(26)16-13(8-20-23-16)12-6-15(25)22-17-14(12)9-21-24(17)10-11-4-3-5-19-7-11/h3-5,7-9,12H,2,6,10H2,1H3,(H,20,23)(H,22,25)/t12-/m1/s1. The second kappa shape index (κ2) is 7.02. The van der Waals surface area contributed by atoms with Crippen LogP contribution in [0.1, 0.15) is 46.4 Å². The Hall–Kier alpha value is -3.49. The summed E-state index contributed by atoms with van der Waals surface area (Å²) in [6.45, 7) is 2.48. The van der Waals surface area contributed by atoms with E-state index in [0.717, 1.165) is 11.1 Å². The number of aromatic amines is 1. The molecule has 0 radical (unpaired) electrons. The van der Waals surface area contributed by atoms with Crippen molar-refractivity contribution < 1.29 is 14.3 Å². The number of ether oxygens (including phenoxy) is 1. The van der Waals surface area contributed by atoms with E-state index in [0.29, 0.717) is 17.9 Å². The molecule has 0 unspecified atom stereocenters. The molecule has 0 aromatic carbocycles. The molecule has 1 aliphatic rings. The predicted molar refractivity (Wildman–Crippen MR) is 95.2 cm³/mol. The van der Waals surface area contributed by atoms with Crippen LogP contribution in [0.2, 0.25) is 0 Å². The number of H-pyrrole nitrogens is 1. The maximum atomic E-state index is 12.3. The summed E-state index contributed by atoms with van der Waals surface area (Å²) in [5.74, 6) is -0.331. The average Bonchev–Trinajstić information content (AvgIpc) is 3.30. The van der Waals surface area contributed by atoms with Crippen molar-refractivity contribution in [2.45, 2.75) is 25.8 Å². The molecule has 2 N–H and O–H groups in total. The van der Waals surface area contributed by atoms with Crippen LogP contribution in [0.5, 0.6) is 0 Å². The molecule has 1 atom stereocenters. The Labute approximate surface area is 154 Å². The summed E-state index contributed by atoms with van der Waals surface area (Å²) in [5, 5.41) is 14.0. The molecule has 0 saturated carbocycles. The minimum Gasteiger partial charge on any atom is -0.461 e. The summed E-state index contributed by atoms with van der Waals surface area (Å²) in [7, 11) is 0. The molecule has 0 saturated heterocycles. The first kappa shape index (κ1) is 17.0. The van der Waals surface area contributed by atoms with E-state index in [2.05, 4.69) is 25.6 Å². The van der Waals surface area contributed by atoms with Gasteiger partial charge in [0, 0.05) is 35.9 Å². The highest BCUT2D eigenvalue weighted by Gasteiger charge is 2.33. The molecule has 27 heavy (non-hydrogen) atoms. The third-order valence-corrected chi connectivity index (χ3v) is 4.47. The van der Waals surface area contributed by atoms with Gasteiger partial charge in [0.15, 0.2) is 0 Å². The number of anilines is 1. The number of carbonyl (C=O) groups excluding carboxylic acids is 2. The lowest BCUT2D eigenvalue weighted by atomic mass is 9.87. The Morgan fingerprint density at radius 1 is 1.33 bits per heavy atom. The Kier molecular flexibility index (Phi) is 4.41. The molecule has 1 amide bonds. The van der Waals surface area contributed by atoms with Crippen LogP contribution in [0.4, 0.5) is 5.82 Å². The lowest BCUT2D eigenvalue weighted by Crippen LogP contribution is -2.26. The summed E-state index contributed by atoms with van der Waals surface area (Å²) in [4.78, 5) is 28.6. The van der Waals surface area contributed by atoms with E-state index in [1.807, 2.05) is 12.1 Å². The van der Waals surface area contributed by atoms with E-state index in [1.54, 1.807) is 36.4 Å². The number of carbonyl (C=O) groups is 2. The molecular formula is C18H18N6O3. The van der Waals surface area contributed by atoms with Crippen LogP contribution in [0.15, 0.2) is 36.9 Å². The molecule has 9 heteroatoms. The van der Waals surface area contributed by atoms with E-state index in [9.17, 15) is 9.59 Å². The first-order chi connectivity index (χ1) is 13.2. The molecule has 3 aromatic rings. The summed E-state index contributed by atoms with van der Waals surface area (Å²) in [6, 6.07) is 3.79. The van der Waals surface area contributed by atoms with E-state index in [1.165, 1.54) is 0 Å². The molecule has 0 bridgehead atoms. The Bertz CT molecular complexity index is 978. The SMILES string of the molecule is CCOC(=O)c1[nH]ncc1[C@H]1CC(=O)Nc2c1cnn2Cc1cccnc1. The second-order valence-corrected chi connectivity index (χ2v) is 6.19. The van der Waals surface area contributed by atoms with Gasteiger partial charge in [0.25, 0.3) is 0 Å². The van der Waals surface area contributed by atoms with E-state index < -0.39 is 5.97 Å². The van der Waals surface area contributed by atoms with E-state index in [-0.39, 0.29) is 30.5 Å². The molecule has 0 fully saturated rings. The highest BCUT2D eigenvalue weighted by Crippen LogP contribution is 2.38. The largest absolute Gasteiger partial charge is 0.461 e. The van der Waals surface area contributed by atoms with Gasteiger partial charge in [-0.15, -0.1) is 0 Å². The fourth-order valence-electron chi connectivity index (χ4n) is 3.26. The predicted octanol–water partition coefficient (Wildman–Crippen LogP) is 1.70. The minimum absolute atomic E-state index is 0.142. The van der Waals surface area contributed by atoms with Crippen molar-refractivity contribution in [3.63, 3.8) is 0 Å². The smallest absolute Gasteiger partial charge is 0.356 e. The van der Waals surface area contributed by atoms with Crippen LogP contribution < -0.4 is 5.32 Å². The van der Waals surface area contributed by atoms with Crippen molar-refractivity contribution >= 4 is 17.7 Å².